The van der Waals surface area contributed by atoms with Crippen molar-refractivity contribution in [1.82, 2.24) is 5.32 Å². The Labute approximate surface area is 121 Å². The monoisotopic (exact) mass is 293 g/mol. The van der Waals surface area contributed by atoms with Crippen LogP contribution in [0.2, 0.25) is 0 Å². The Hall–Kier alpha value is -0.870. The zero-order valence-electron chi connectivity index (χ0n) is 12.1. The summed E-state index contributed by atoms with van der Waals surface area (Å²) in [4.78, 5) is 0.530. The second kappa shape index (κ2) is 5.15. The first-order valence-corrected chi connectivity index (χ1v) is 9.27. The van der Waals surface area contributed by atoms with Gasteiger partial charge in [0.05, 0.1) is 10.6 Å². The molecule has 0 radical (unpaired) electrons. The first-order chi connectivity index (χ1) is 9.56. The van der Waals surface area contributed by atoms with Crippen molar-refractivity contribution in [2.45, 2.75) is 50.0 Å². The van der Waals surface area contributed by atoms with Gasteiger partial charge in [0, 0.05) is 12.6 Å². The minimum Gasteiger partial charge on any atom is -0.309 e. The number of hydrogen-bond acceptors (Lipinski definition) is 3. The van der Waals surface area contributed by atoms with Gasteiger partial charge in [-0.15, -0.1) is 0 Å². The molecule has 3 rings (SSSR count). The Morgan fingerprint density at radius 3 is 2.70 bits per heavy atom. The highest BCUT2D eigenvalue weighted by molar-refractivity contribution is 7.91. The molecule has 0 bridgehead atoms. The molecule has 1 N–H and O–H groups in total. The highest BCUT2D eigenvalue weighted by Gasteiger charge is 2.36. The van der Waals surface area contributed by atoms with Gasteiger partial charge in [-0.1, -0.05) is 31.5 Å². The van der Waals surface area contributed by atoms with E-state index in [0.717, 1.165) is 12.1 Å². The lowest BCUT2D eigenvalue weighted by molar-refractivity contribution is 0.118. The molecule has 1 aliphatic heterocycles. The van der Waals surface area contributed by atoms with Crippen LogP contribution in [0.5, 0.6) is 0 Å². The van der Waals surface area contributed by atoms with Gasteiger partial charge in [-0.05, 0) is 42.7 Å². The maximum Gasteiger partial charge on any atom is 0.178 e. The van der Waals surface area contributed by atoms with E-state index in [1.807, 2.05) is 18.2 Å². The minimum atomic E-state index is -3.07. The first kappa shape index (κ1) is 14.1. The standard InChI is InChI=1S/C16H23NO2S/c1-2-16(9-5-10-16)12-17-14-8-11-20(18,19)15-7-4-3-6-13(14)15/h3-4,6-7,14,17H,2,5,8-12H2,1H3. The molecule has 1 saturated carbocycles. The van der Waals surface area contributed by atoms with E-state index in [0.29, 0.717) is 16.7 Å². The maximum absolute atomic E-state index is 12.1. The van der Waals surface area contributed by atoms with E-state index in [-0.39, 0.29) is 11.8 Å². The van der Waals surface area contributed by atoms with Crippen LogP contribution in [0.4, 0.5) is 0 Å². The molecule has 110 valence electrons. The Kier molecular flexibility index (Phi) is 3.63. The van der Waals surface area contributed by atoms with Gasteiger partial charge in [0.15, 0.2) is 9.84 Å². The molecule has 0 aromatic heterocycles. The van der Waals surface area contributed by atoms with Crippen molar-refractivity contribution in [3.05, 3.63) is 29.8 Å². The van der Waals surface area contributed by atoms with Crippen LogP contribution in [0, 0.1) is 5.41 Å². The Balaban J connectivity index is 1.79. The second-order valence-corrected chi connectivity index (χ2v) is 8.36. The topological polar surface area (TPSA) is 46.2 Å². The fourth-order valence-electron chi connectivity index (χ4n) is 3.47. The molecule has 1 aliphatic carbocycles. The number of benzene rings is 1. The molecule has 1 atom stereocenters. The number of fused-ring (bicyclic) bond motifs is 1. The minimum absolute atomic E-state index is 0.193. The lowest BCUT2D eigenvalue weighted by Crippen LogP contribution is -2.42. The molecule has 3 nitrogen and oxygen atoms in total. The zero-order valence-corrected chi connectivity index (χ0v) is 12.9. The van der Waals surface area contributed by atoms with Gasteiger partial charge in [-0.2, -0.15) is 0 Å². The number of rotatable bonds is 4. The zero-order chi connectivity index (χ0) is 14.2. The largest absolute Gasteiger partial charge is 0.309 e. The highest BCUT2D eigenvalue weighted by Crippen LogP contribution is 2.44. The number of hydrogen-bond donors (Lipinski definition) is 1. The summed E-state index contributed by atoms with van der Waals surface area (Å²) >= 11 is 0. The fourth-order valence-corrected chi connectivity index (χ4v) is 5.10. The van der Waals surface area contributed by atoms with E-state index in [1.54, 1.807) is 6.07 Å². The summed E-state index contributed by atoms with van der Waals surface area (Å²) in [6.07, 6.45) is 5.86. The van der Waals surface area contributed by atoms with Crippen LogP contribution in [-0.4, -0.2) is 20.7 Å². The van der Waals surface area contributed by atoms with Crippen LogP contribution >= 0.6 is 0 Å². The quantitative estimate of drug-likeness (QED) is 0.928. The molecule has 1 heterocycles. The van der Waals surface area contributed by atoms with Gasteiger partial charge in [0.1, 0.15) is 0 Å². The van der Waals surface area contributed by atoms with E-state index in [9.17, 15) is 8.42 Å². The van der Waals surface area contributed by atoms with E-state index in [4.69, 9.17) is 0 Å². The Morgan fingerprint density at radius 1 is 1.30 bits per heavy atom. The summed E-state index contributed by atoms with van der Waals surface area (Å²) in [5.41, 5.74) is 1.43. The molecule has 4 heteroatoms. The van der Waals surface area contributed by atoms with Crippen molar-refractivity contribution in [2.24, 2.45) is 5.41 Å². The Morgan fingerprint density at radius 2 is 2.05 bits per heavy atom. The van der Waals surface area contributed by atoms with Crippen LogP contribution in [0.1, 0.15) is 50.6 Å². The van der Waals surface area contributed by atoms with Crippen molar-refractivity contribution in [3.63, 3.8) is 0 Å². The molecule has 0 saturated heterocycles. The molecule has 1 aromatic carbocycles. The molecule has 0 amide bonds. The van der Waals surface area contributed by atoms with Gasteiger partial charge in [-0.3, -0.25) is 0 Å². The van der Waals surface area contributed by atoms with E-state index in [1.165, 1.54) is 25.7 Å². The summed E-state index contributed by atoms with van der Waals surface area (Å²) < 4.78 is 24.2. The maximum atomic E-state index is 12.1. The Bertz CT molecular complexity index is 585. The summed E-state index contributed by atoms with van der Waals surface area (Å²) in [6, 6.07) is 7.66. The third kappa shape index (κ3) is 2.40. The summed E-state index contributed by atoms with van der Waals surface area (Å²) in [7, 11) is -3.07. The van der Waals surface area contributed by atoms with Crippen LogP contribution in [0.3, 0.4) is 0 Å². The molecule has 1 unspecified atom stereocenters. The van der Waals surface area contributed by atoms with Gasteiger partial charge in [-0.25, -0.2) is 8.42 Å². The predicted octanol–water partition coefficient (Wildman–Crippen LogP) is 3.08. The van der Waals surface area contributed by atoms with Gasteiger partial charge >= 0.3 is 0 Å². The van der Waals surface area contributed by atoms with E-state index >= 15 is 0 Å². The molecular weight excluding hydrogens is 270 g/mol. The molecule has 0 spiro atoms. The van der Waals surface area contributed by atoms with Gasteiger partial charge in [0.2, 0.25) is 0 Å². The first-order valence-electron chi connectivity index (χ1n) is 7.61. The molecule has 20 heavy (non-hydrogen) atoms. The molecule has 1 fully saturated rings. The lowest BCUT2D eigenvalue weighted by atomic mass is 9.67. The number of sulfone groups is 1. The van der Waals surface area contributed by atoms with E-state index in [2.05, 4.69) is 12.2 Å². The molecule has 2 aliphatic rings. The summed E-state index contributed by atoms with van der Waals surface area (Å²) in [5, 5.41) is 3.64. The lowest BCUT2D eigenvalue weighted by Gasteiger charge is -2.43. The van der Waals surface area contributed by atoms with Gasteiger partial charge in [0.25, 0.3) is 0 Å². The van der Waals surface area contributed by atoms with Crippen LogP contribution < -0.4 is 5.32 Å². The third-order valence-electron chi connectivity index (χ3n) is 5.19. The average molecular weight is 293 g/mol. The molecular formula is C16H23NO2S. The normalized spacial score (nSPS) is 26.6. The fraction of sp³-hybridized carbons (Fsp3) is 0.625. The highest BCUT2D eigenvalue weighted by atomic mass is 32.2. The van der Waals surface area contributed by atoms with Crippen molar-refractivity contribution in [2.75, 3.05) is 12.3 Å². The number of nitrogens with one attached hydrogen (secondary N) is 1. The predicted molar refractivity (Wildman–Crippen MR) is 80.4 cm³/mol. The SMILES string of the molecule is CCC1(CNC2CCS(=O)(=O)c3ccccc32)CCC1. The third-order valence-corrected chi connectivity index (χ3v) is 7.01. The van der Waals surface area contributed by atoms with Crippen molar-refractivity contribution in [3.8, 4) is 0 Å². The average Bonchev–Trinajstić information content (AvgIpc) is 2.40. The van der Waals surface area contributed by atoms with Crippen molar-refractivity contribution in [1.29, 1.82) is 0 Å². The van der Waals surface area contributed by atoms with Crippen LogP contribution in [0.25, 0.3) is 0 Å². The molecule has 1 aromatic rings. The van der Waals surface area contributed by atoms with E-state index < -0.39 is 9.84 Å². The van der Waals surface area contributed by atoms with Crippen molar-refractivity contribution < 1.29 is 8.42 Å². The summed E-state index contributed by atoms with van der Waals surface area (Å²) in [6.45, 7) is 3.28. The van der Waals surface area contributed by atoms with Crippen LogP contribution in [-0.2, 0) is 9.84 Å². The van der Waals surface area contributed by atoms with Gasteiger partial charge < -0.3 is 5.32 Å². The van der Waals surface area contributed by atoms with Crippen molar-refractivity contribution >= 4 is 9.84 Å². The smallest absolute Gasteiger partial charge is 0.178 e. The summed E-state index contributed by atoms with van der Waals surface area (Å²) in [5.74, 6) is 0.265. The van der Waals surface area contributed by atoms with Crippen LogP contribution in [0.15, 0.2) is 29.2 Å². The second-order valence-electron chi connectivity index (χ2n) is 6.29.